The highest BCUT2D eigenvalue weighted by Crippen LogP contribution is 2.41. The number of nitrogens with zero attached hydrogens (tertiary/aromatic N) is 1. The minimum absolute atomic E-state index is 1.06. The van der Waals surface area contributed by atoms with Crippen LogP contribution in [-0.2, 0) is 6.42 Å². The van der Waals surface area contributed by atoms with Gasteiger partial charge in [-0.3, -0.25) is 0 Å². The van der Waals surface area contributed by atoms with Gasteiger partial charge in [-0.15, -0.1) is 0 Å². The summed E-state index contributed by atoms with van der Waals surface area (Å²) in [5.41, 5.74) is 5.94. The Kier molecular flexibility index (Phi) is 2.58. The summed E-state index contributed by atoms with van der Waals surface area (Å²) in [6.07, 6.45) is 4.77. The number of hydrogen-bond donors (Lipinski definition) is 0. The Balaban J connectivity index is 2.14. The SMILES string of the molecule is COc1cccc2c1CCC1=C2CCCN1C. The maximum atomic E-state index is 5.48. The smallest absolute Gasteiger partial charge is 0.122 e. The van der Waals surface area contributed by atoms with Gasteiger partial charge in [0.1, 0.15) is 5.75 Å². The van der Waals surface area contributed by atoms with E-state index in [9.17, 15) is 0 Å². The van der Waals surface area contributed by atoms with Gasteiger partial charge in [-0.05, 0) is 42.9 Å². The van der Waals surface area contributed by atoms with Crippen molar-refractivity contribution in [3.8, 4) is 5.75 Å². The van der Waals surface area contributed by atoms with Crippen molar-refractivity contribution in [2.24, 2.45) is 0 Å². The molecule has 90 valence electrons. The van der Waals surface area contributed by atoms with Crippen molar-refractivity contribution in [1.29, 1.82) is 0 Å². The molecule has 0 saturated heterocycles. The zero-order valence-electron chi connectivity index (χ0n) is 10.6. The van der Waals surface area contributed by atoms with Gasteiger partial charge in [0, 0.05) is 24.9 Å². The highest BCUT2D eigenvalue weighted by molar-refractivity contribution is 5.75. The fourth-order valence-corrected chi connectivity index (χ4v) is 3.18. The lowest BCUT2D eigenvalue weighted by molar-refractivity contribution is 0.372. The van der Waals surface area contributed by atoms with Crippen LogP contribution in [0.15, 0.2) is 23.9 Å². The Morgan fingerprint density at radius 2 is 2.06 bits per heavy atom. The molecule has 3 rings (SSSR count). The molecular formula is C15H19NO. The summed E-state index contributed by atoms with van der Waals surface area (Å²) in [5.74, 6) is 1.06. The lowest BCUT2D eigenvalue weighted by Gasteiger charge is -2.35. The molecular weight excluding hydrogens is 210 g/mol. The molecule has 1 aliphatic heterocycles. The molecule has 1 heterocycles. The highest BCUT2D eigenvalue weighted by Gasteiger charge is 2.25. The summed E-state index contributed by atoms with van der Waals surface area (Å²) < 4.78 is 5.48. The number of fused-ring (bicyclic) bond motifs is 2. The van der Waals surface area contributed by atoms with Gasteiger partial charge >= 0.3 is 0 Å². The van der Waals surface area contributed by atoms with Crippen molar-refractivity contribution in [3.05, 3.63) is 35.0 Å². The first-order valence-corrected chi connectivity index (χ1v) is 6.40. The minimum atomic E-state index is 1.06. The van der Waals surface area contributed by atoms with Gasteiger partial charge in [0.2, 0.25) is 0 Å². The van der Waals surface area contributed by atoms with Gasteiger partial charge < -0.3 is 9.64 Å². The molecule has 0 amide bonds. The Labute approximate surface area is 103 Å². The largest absolute Gasteiger partial charge is 0.496 e. The zero-order chi connectivity index (χ0) is 11.8. The van der Waals surface area contributed by atoms with Crippen LogP contribution in [0.25, 0.3) is 5.57 Å². The van der Waals surface area contributed by atoms with E-state index in [2.05, 4.69) is 30.1 Å². The number of methoxy groups -OCH3 is 1. The topological polar surface area (TPSA) is 12.5 Å². The standard InChI is InChI=1S/C15H19NO/c1-16-10-4-6-12-11-5-3-7-15(17-2)13(11)8-9-14(12)16/h3,5,7H,4,6,8-10H2,1-2H3. The first-order valence-electron chi connectivity index (χ1n) is 6.40. The highest BCUT2D eigenvalue weighted by atomic mass is 16.5. The van der Waals surface area contributed by atoms with Crippen molar-refractivity contribution in [2.75, 3.05) is 20.7 Å². The Bertz CT molecular complexity index is 476. The molecule has 0 unspecified atom stereocenters. The van der Waals surface area contributed by atoms with Crippen molar-refractivity contribution in [1.82, 2.24) is 4.90 Å². The lowest BCUT2D eigenvalue weighted by atomic mass is 9.83. The van der Waals surface area contributed by atoms with Crippen LogP contribution in [0.4, 0.5) is 0 Å². The van der Waals surface area contributed by atoms with Crippen LogP contribution in [0.5, 0.6) is 5.75 Å². The number of hydrogen-bond acceptors (Lipinski definition) is 2. The van der Waals surface area contributed by atoms with Gasteiger partial charge in [0.15, 0.2) is 0 Å². The molecule has 1 aromatic rings. The van der Waals surface area contributed by atoms with Crippen LogP contribution in [0.3, 0.4) is 0 Å². The van der Waals surface area contributed by atoms with E-state index in [1.807, 2.05) is 0 Å². The quantitative estimate of drug-likeness (QED) is 0.733. The maximum Gasteiger partial charge on any atom is 0.122 e. The monoisotopic (exact) mass is 229 g/mol. The summed E-state index contributed by atoms with van der Waals surface area (Å²) >= 11 is 0. The fourth-order valence-electron chi connectivity index (χ4n) is 3.18. The predicted octanol–water partition coefficient (Wildman–Crippen LogP) is 3.08. The summed E-state index contributed by atoms with van der Waals surface area (Å²) in [7, 11) is 3.99. The first-order chi connectivity index (χ1) is 8.31. The molecule has 1 aliphatic carbocycles. The molecule has 2 aliphatic rings. The van der Waals surface area contributed by atoms with Crippen LogP contribution in [0.2, 0.25) is 0 Å². The molecule has 0 bridgehead atoms. The average Bonchev–Trinajstić information content (AvgIpc) is 2.38. The van der Waals surface area contributed by atoms with Crippen LogP contribution < -0.4 is 4.74 Å². The van der Waals surface area contributed by atoms with E-state index in [1.54, 1.807) is 18.4 Å². The van der Waals surface area contributed by atoms with Crippen LogP contribution in [0.1, 0.15) is 30.4 Å². The van der Waals surface area contributed by atoms with Crippen molar-refractivity contribution in [3.63, 3.8) is 0 Å². The Hall–Kier alpha value is -1.44. The molecule has 0 saturated carbocycles. The van der Waals surface area contributed by atoms with E-state index >= 15 is 0 Å². The number of rotatable bonds is 1. The second-order valence-electron chi connectivity index (χ2n) is 4.94. The van der Waals surface area contributed by atoms with Gasteiger partial charge in [0.25, 0.3) is 0 Å². The average molecular weight is 229 g/mol. The normalized spacial score (nSPS) is 18.8. The number of benzene rings is 1. The fraction of sp³-hybridized carbons (Fsp3) is 0.467. The molecule has 0 fully saturated rings. The van der Waals surface area contributed by atoms with Crippen molar-refractivity contribution >= 4 is 5.57 Å². The molecule has 0 N–H and O–H groups in total. The molecule has 0 aromatic heterocycles. The van der Waals surface area contributed by atoms with Crippen LogP contribution >= 0.6 is 0 Å². The van der Waals surface area contributed by atoms with E-state index in [0.717, 1.165) is 12.2 Å². The summed E-state index contributed by atoms with van der Waals surface area (Å²) in [6, 6.07) is 6.45. The first kappa shape index (κ1) is 10.7. The minimum Gasteiger partial charge on any atom is -0.496 e. The lowest BCUT2D eigenvalue weighted by Crippen LogP contribution is -2.27. The van der Waals surface area contributed by atoms with Gasteiger partial charge in [-0.1, -0.05) is 12.1 Å². The van der Waals surface area contributed by atoms with E-state index in [4.69, 9.17) is 4.74 Å². The van der Waals surface area contributed by atoms with E-state index in [-0.39, 0.29) is 0 Å². The molecule has 0 atom stereocenters. The van der Waals surface area contributed by atoms with E-state index in [1.165, 1.54) is 36.9 Å². The third-order valence-electron chi connectivity index (χ3n) is 4.02. The number of allylic oxidation sites excluding steroid dienone is 2. The number of ether oxygens (including phenoxy) is 1. The third kappa shape index (κ3) is 1.63. The zero-order valence-corrected chi connectivity index (χ0v) is 10.6. The summed E-state index contributed by atoms with van der Waals surface area (Å²) in [5, 5.41) is 0. The Morgan fingerprint density at radius 3 is 2.88 bits per heavy atom. The molecule has 2 heteroatoms. The Morgan fingerprint density at radius 1 is 1.18 bits per heavy atom. The summed E-state index contributed by atoms with van der Waals surface area (Å²) in [6.45, 7) is 1.21. The van der Waals surface area contributed by atoms with Crippen LogP contribution in [-0.4, -0.2) is 25.6 Å². The van der Waals surface area contributed by atoms with Crippen molar-refractivity contribution in [2.45, 2.75) is 25.7 Å². The molecule has 17 heavy (non-hydrogen) atoms. The van der Waals surface area contributed by atoms with Crippen molar-refractivity contribution < 1.29 is 4.74 Å². The second-order valence-corrected chi connectivity index (χ2v) is 4.94. The van der Waals surface area contributed by atoms with E-state index in [0.29, 0.717) is 0 Å². The van der Waals surface area contributed by atoms with Crippen LogP contribution in [0, 0.1) is 0 Å². The predicted molar refractivity (Wildman–Crippen MR) is 70.1 cm³/mol. The molecule has 2 nitrogen and oxygen atoms in total. The maximum absolute atomic E-state index is 5.48. The van der Waals surface area contributed by atoms with Gasteiger partial charge in [0.05, 0.1) is 7.11 Å². The van der Waals surface area contributed by atoms with Gasteiger partial charge in [-0.2, -0.15) is 0 Å². The summed E-state index contributed by atoms with van der Waals surface area (Å²) in [4.78, 5) is 2.43. The molecule has 0 radical (unpaired) electrons. The third-order valence-corrected chi connectivity index (χ3v) is 4.02. The molecule has 0 spiro atoms. The van der Waals surface area contributed by atoms with E-state index < -0.39 is 0 Å². The molecule has 1 aromatic carbocycles. The van der Waals surface area contributed by atoms with Gasteiger partial charge in [-0.25, -0.2) is 0 Å². The second kappa shape index (κ2) is 4.10.